The van der Waals surface area contributed by atoms with Crippen LogP contribution in [0.3, 0.4) is 0 Å². The molecule has 0 bridgehead atoms. The van der Waals surface area contributed by atoms with Gasteiger partial charge in [0.25, 0.3) is 0 Å². The van der Waals surface area contributed by atoms with Crippen LogP contribution in [-0.4, -0.2) is 25.6 Å². The number of fused-ring (bicyclic) bond motifs is 1. The Morgan fingerprint density at radius 2 is 1.92 bits per heavy atom. The van der Waals surface area contributed by atoms with E-state index in [9.17, 15) is 17.6 Å². The molecular formula is C17H16BrFN2O3S. The van der Waals surface area contributed by atoms with Gasteiger partial charge in [-0.1, -0.05) is 28.1 Å². The lowest BCUT2D eigenvalue weighted by Crippen LogP contribution is -2.39. The fourth-order valence-corrected chi connectivity index (χ4v) is 4.87. The third-order valence-electron chi connectivity index (χ3n) is 4.31. The second kappa shape index (κ2) is 6.95. The van der Waals surface area contributed by atoms with Gasteiger partial charge < -0.3 is 10.5 Å². The lowest BCUT2D eigenvalue weighted by atomic mass is 9.91. The molecule has 8 heteroatoms. The Morgan fingerprint density at radius 3 is 2.52 bits per heavy atom. The van der Waals surface area contributed by atoms with Crippen LogP contribution < -0.4 is 5.73 Å². The van der Waals surface area contributed by atoms with E-state index in [1.165, 1.54) is 28.6 Å². The molecule has 2 aromatic rings. The van der Waals surface area contributed by atoms with E-state index in [4.69, 9.17) is 5.73 Å². The largest absolute Gasteiger partial charge is 0.326 e. The monoisotopic (exact) mass is 426 g/mol. The lowest BCUT2D eigenvalue weighted by Gasteiger charge is -2.32. The summed E-state index contributed by atoms with van der Waals surface area (Å²) in [4.78, 5) is 11.6. The van der Waals surface area contributed by atoms with Crippen molar-refractivity contribution in [1.29, 1.82) is 0 Å². The molecule has 0 saturated carbocycles. The highest BCUT2D eigenvalue weighted by molar-refractivity contribution is 9.10. The number of carbonyl (C=O) groups is 1. The molecule has 1 heterocycles. The molecule has 5 nitrogen and oxygen atoms in total. The van der Waals surface area contributed by atoms with Crippen LogP contribution in [-0.2, 0) is 27.9 Å². The first-order valence-electron chi connectivity index (χ1n) is 7.59. The minimum absolute atomic E-state index is 0.00100. The van der Waals surface area contributed by atoms with E-state index in [1.807, 2.05) is 0 Å². The Kier molecular flexibility index (Phi) is 5.06. The molecule has 3 rings (SSSR count). The molecule has 0 amide bonds. The van der Waals surface area contributed by atoms with Crippen molar-refractivity contribution in [1.82, 2.24) is 4.31 Å². The highest BCUT2D eigenvalue weighted by Crippen LogP contribution is 2.36. The van der Waals surface area contributed by atoms with Crippen molar-refractivity contribution < 1.29 is 17.6 Å². The molecule has 0 aliphatic carbocycles. The highest BCUT2D eigenvalue weighted by Gasteiger charge is 2.35. The number of hydrogen-bond donors (Lipinski definition) is 1. The van der Waals surface area contributed by atoms with E-state index in [2.05, 4.69) is 15.9 Å². The van der Waals surface area contributed by atoms with Crippen molar-refractivity contribution in [2.45, 2.75) is 23.9 Å². The van der Waals surface area contributed by atoms with Crippen molar-refractivity contribution in [2.75, 3.05) is 6.54 Å². The van der Waals surface area contributed by atoms with Crippen LogP contribution in [0.1, 0.15) is 22.6 Å². The summed E-state index contributed by atoms with van der Waals surface area (Å²) in [6.45, 7) is 0.223. The molecule has 0 spiro atoms. The molecule has 0 saturated heterocycles. The fraction of sp³-hybridized carbons (Fsp3) is 0.235. The number of sulfonamides is 1. The smallest absolute Gasteiger partial charge is 0.243 e. The Labute approximate surface area is 153 Å². The topological polar surface area (TPSA) is 80.5 Å². The predicted octanol–water partition coefficient (Wildman–Crippen LogP) is 2.53. The van der Waals surface area contributed by atoms with Crippen LogP contribution in [0.15, 0.2) is 45.8 Å². The Bertz CT molecular complexity index is 916. The van der Waals surface area contributed by atoms with Crippen LogP contribution in [0, 0.1) is 5.82 Å². The first kappa shape index (κ1) is 18.2. The molecule has 132 valence electrons. The number of halogens is 2. The molecule has 2 aromatic carbocycles. The molecule has 25 heavy (non-hydrogen) atoms. The number of nitrogens with zero attached hydrogens (tertiary/aromatic N) is 1. The van der Waals surface area contributed by atoms with E-state index >= 15 is 0 Å². The average molecular weight is 427 g/mol. The van der Waals surface area contributed by atoms with Crippen LogP contribution in [0.2, 0.25) is 0 Å². The number of carbonyl (C=O) groups excluding carboxylic acids is 1. The van der Waals surface area contributed by atoms with E-state index in [1.54, 1.807) is 12.1 Å². The normalized spacial score (nSPS) is 18.0. The fourth-order valence-electron chi connectivity index (χ4n) is 2.96. The van der Waals surface area contributed by atoms with Crippen molar-refractivity contribution in [3.63, 3.8) is 0 Å². The van der Waals surface area contributed by atoms with Crippen LogP contribution in [0.25, 0.3) is 0 Å². The summed E-state index contributed by atoms with van der Waals surface area (Å²) >= 11 is 3.32. The van der Waals surface area contributed by atoms with Crippen molar-refractivity contribution in [2.24, 2.45) is 5.73 Å². The molecule has 1 aliphatic rings. The Hall–Kier alpha value is -1.61. The van der Waals surface area contributed by atoms with Crippen molar-refractivity contribution >= 4 is 32.2 Å². The maximum absolute atomic E-state index is 14.2. The van der Waals surface area contributed by atoms with Gasteiger partial charge in [0.1, 0.15) is 12.1 Å². The van der Waals surface area contributed by atoms with E-state index < -0.39 is 21.8 Å². The third-order valence-corrected chi connectivity index (χ3v) is 6.88. The minimum atomic E-state index is -3.81. The highest BCUT2D eigenvalue weighted by atomic mass is 79.9. The van der Waals surface area contributed by atoms with Crippen LogP contribution in [0.5, 0.6) is 0 Å². The second-order valence-electron chi connectivity index (χ2n) is 5.81. The zero-order chi connectivity index (χ0) is 18.2. The van der Waals surface area contributed by atoms with Gasteiger partial charge in [0.05, 0.1) is 10.8 Å². The first-order chi connectivity index (χ1) is 11.9. The van der Waals surface area contributed by atoms with Crippen LogP contribution in [0.4, 0.5) is 4.39 Å². The molecule has 1 aliphatic heterocycles. The van der Waals surface area contributed by atoms with Gasteiger partial charge in [-0.25, -0.2) is 12.8 Å². The Morgan fingerprint density at radius 1 is 1.24 bits per heavy atom. The molecule has 2 N–H and O–H groups in total. The van der Waals surface area contributed by atoms with E-state index in [-0.39, 0.29) is 23.5 Å². The predicted molar refractivity (Wildman–Crippen MR) is 94.8 cm³/mol. The minimum Gasteiger partial charge on any atom is -0.326 e. The zero-order valence-corrected chi connectivity index (χ0v) is 15.6. The van der Waals surface area contributed by atoms with Gasteiger partial charge >= 0.3 is 0 Å². The number of rotatable bonds is 4. The van der Waals surface area contributed by atoms with Gasteiger partial charge in [-0.15, -0.1) is 0 Å². The number of hydrogen-bond acceptors (Lipinski definition) is 4. The standard InChI is InChI=1S/C17H16BrFN2O3S/c18-15-5-6-16(19)17-12(10-22)8-21(9-14(15)17)25(23,24)13-3-1-11(7-20)2-4-13/h1-6,10,12H,7-9,20H2. The van der Waals surface area contributed by atoms with Gasteiger partial charge in [0.2, 0.25) is 10.0 Å². The summed E-state index contributed by atoms with van der Waals surface area (Å²) in [7, 11) is -3.81. The molecule has 0 radical (unpaired) electrons. The van der Waals surface area contributed by atoms with Gasteiger partial charge in [0.15, 0.2) is 0 Å². The van der Waals surface area contributed by atoms with Crippen LogP contribution >= 0.6 is 15.9 Å². The molecular weight excluding hydrogens is 411 g/mol. The lowest BCUT2D eigenvalue weighted by molar-refractivity contribution is -0.109. The van der Waals surface area contributed by atoms with Crippen molar-refractivity contribution in [3.05, 3.63) is 63.4 Å². The zero-order valence-electron chi connectivity index (χ0n) is 13.2. The van der Waals surface area contributed by atoms with Gasteiger partial charge in [-0.3, -0.25) is 0 Å². The second-order valence-corrected chi connectivity index (χ2v) is 8.60. The molecule has 1 unspecified atom stereocenters. The maximum Gasteiger partial charge on any atom is 0.243 e. The van der Waals surface area contributed by atoms with E-state index in [0.29, 0.717) is 22.9 Å². The average Bonchev–Trinajstić information content (AvgIpc) is 2.63. The summed E-state index contributed by atoms with van der Waals surface area (Å²) in [6, 6.07) is 9.07. The maximum atomic E-state index is 14.2. The van der Waals surface area contributed by atoms with Crippen molar-refractivity contribution in [3.8, 4) is 0 Å². The van der Waals surface area contributed by atoms with Gasteiger partial charge in [-0.2, -0.15) is 4.31 Å². The summed E-state index contributed by atoms with van der Waals surface area (Å²) in [5.74, 6) is -1.35. The summed E-state index contributed by atoms with van der Waals surface area (Å²) in [6.07, 6.45) is 0.591. The SMILES string of the molecule is NCc1ccc(S(=O)(=O)N2Cc3c(Br)ccc(F)c3C(C=O)C2)cc1. The number of nitrogens with two attached hydrogens (primary N) is 1. The summed E-state index contributed by atoms with van der Waals surface area (Å²) < 4.78 is 41.8. The molecule has 0 fully saturated rings. The molecule has 0 aromatic heterocycles. The molecule has 1 atom stereocenters. The summed E-state index contributed by atoms with van der Waals surface area (Å²) in [5, 5.41) is 0. The van der Waals surface area contributed by atoms with E-state index in [0.717, 1.165) is 5.56 Å². The van der Waals surface area contributed by atoms with Gasteiger partial charge in [0, 0.05) is 29.7 Å². The third kappa shape index (κ3) is 3.27. The summed E-state index contributed by atoms with van der Waals surface area (Å²) in [5.41, 5.74) is 7.09. The Balaban J connectivity index is 2.03. The number of benzene rings is 2. The first-order valence-corrected chi connectivity index (χ1v) is 9.83. The quantitative estimate of drug-likeness (QED) is 0.761. The number of aldehydes is 1. The van der Waals surface area contributed by atoms with Gasteiger partial charge in [-0.05, 0) is 35.4 Å².